The average Bonchev–Trinajstić information content (AvgIpc) is 2.00. The van der Waals surface area contributed by atoms with Gasteiger partial charge in [-0.15, -0.1) is 0 Å². The molecule has 0 aliphatic carbocycles. The predicted molar refractivity (Wildman–Crippen MR) is 50.9 cm³/mol. The van der Waals surface area contributed by atoms with Crippen molar-refractivity contribution in [2.75, 3.05) is 6.61 Å². The fraction of sp³-hybridized carbons (Fsp3) is 1.00. The Morgan fingerprint density at radius 2 is 1.83 bits per heavy atom. The number of hydrogen-bond acceptors (Lipinski definition) is 2. The Morgan fingerprint density at radius 3 is 2.17 bits per heavy atom. The molecule has 0 heterocycles. The summed E-state index contributed by atoms with van der Waals surface area (Å²) in [5.41, 5.74) is 0. The first-order valence-corrected chi connectivity index (χ1v) is 4.90. The number of aliphatic hydroxyl groups excluding tert-OH is 2. The largest absolute Gasteiger partial charge is 0.396 e. The van der Waals surface area contributed by atoms with E-state index < -0.39 is 0 Å². The summed E-state index contributed by atoms with van der Waals surface area (Å²) in [5, 5.41) is 18.5. The Bertz CT molecular complexity index is 102. The molecule has 2 N–H and O–H groups in total. The van der Waals surface area contributed by atoms with Crippen LogP contribution in [0.5, 0.6) is 0 Å². The Morgan fingerprint density at radius 1 is 1.25 bits per heavy atom. The van der Waals surface area contributed by atoms with Crippen molar-refractivity contribution in [1.82, 2.24) is 0 Å². The molecule has 0 aromatic heterocycles. The summed E-state index contributed by atoms with van der Waals surface area (Å²) in [6, 6.07) is 0. The van der Waals surface area contributed by atoms with Crippen LogP contribution < -0.4 is 0 Å². The van der Waals surface area contributed by atoms with Gasteiger partial charge in [0.15, 0.2) is 0 Å². The molecule has 0 aromatic carbocycles. The van der Waals surface area contributed by atoms with Crippen LogP contribution in [0.3, 0.4) is 0 Å². The van der Waals surface area contributed by atoms with Crippen LogP contribution >= 0.6 is 0 Å². The highest BCUT2D eigenvalue weighted by molar-refractivity contribution is 4.66. The monoisotopic (exact) mass is 174 g/mol. The van der Waals surface area contributed by atoms with E-state index in [0.29, 0.717) is 5.92 Å². The zero-order valence-corrected chi connectivity index (χ0v) is 8.45. The first-order valence-electron chi connectivity index (χ1n) is 4.90. The van der Waals surface area contributed by atoms with Gasteiger partial charge in [0.2, 0.25) is 0 Å². The number of aliphatic hydroxyl groups is 2. The van der Waals surface area contributed by atoms with Crippen molar-refractivity contribution in [1.29, 1.82) is 0 Å². The van der Waals surface area contributed by atoms with Crippen LogP contribution in [0.15, 0.2) is 0 Å². The Hall–Kier alpha value is -0.0800. The van der Waals surface area contributed by atoms with E-state index in [1.165, 1.54) is 0 Å². The van der Waals surface area contributed by atoms with Gasteiger partial charge in [-0.3, -0.25) is 0 Å². The van der Waals surface area contributed by atoms with Crippen molar-refractivity contribution in [2.45, 2.75) is 46.1 Å². The van der Waals surface area contributed by atoms with E-state index >= 15 is 0 Å². The third kappa shape index (κ3) is 4.73. The third-order valence-corrected chi connectivity index (χ3v) is 2.37. The molecule has 0 aliphatic heterocycles. The molecular weight excluding hydrogens is 152 g/mol. The fourth-order valence-electron chi connectivity index (χ4n) is 1.36. The van der Waals surface area contributed by atoms with Crippen molar-refractivity contribution < 1.29 is 10.2 Å². The summed E-state index contributed by atoms with van der Waals surface area (Å²) in [4.78, 5) is 0. The molecule has 2 unspecified atom stereocenters. The van der Waals surface area contributed by atoms with E-state index in [1.807, 2.05) is 0 Å². The normalized spacial score (nSPS) is 16.5. The summed E-state index contributed by atoms with van der Waals surface area (Å²) in [5.74, 6) is 0.716. The zero-order valence-electron chi connectivity index (χ0n) is 8.45. The second kappa shape index (κ2) is 6.44. The van der Waals surface area contributed by atoms with Gasteiger partial charge in [-0.2, -0.15) is 0 Å². The van der Waals surface area contributed by atoms with Gasteiger partial charge in [0, 0.05) is 6.61 Å². The second-order valence-corrected chi connectivity index (χ2v) is 3.86. The molecule has 0 aliphatic rings. The van der Waals surface area contributed by atoms with Crippen LogP contribution in [0.4, 0.5) is 0 Å². The van der Waals surface area contributed by atoms with Crippen molar-refractivity contribution in [3.8, 4) is 0 Å². The van der Waals surface area contributed by atoms with Crippen molar-refractivity contribution in [3.63, 3.8) is 0 Å². The molecule has 2 heteroatoms. The molecule has 0 saturated heterocycles. The molecule has 74 valence electrons. The molecular formula is C10H22O2. The van der Waals surface area contributed by atoms with E-state index in [1.54, 1.807) is 0 Å². The average molecular weight is 174 g/mol. The molecule has 12 heavy (non-hydrogen) atoms. The predicted octanol–water partition coefficient (Wildman–Crippen LogP) is 1.80. The van der Waals surface area contributed by atoms with E-state index in [0.717, 1.165) is 19.3 Å². The smallest absolute Gasteiger partial charge is 0.0543 e. The highest BCUT2D eigenvalue weighted by Gasteiger charge is 2.16. The maximum atomic E-state index is 9.49. The quantitative estimate of drug-likeness (QED) is 0.644. The molecule has 0 radical (unpaired) electrons. The second-order valence-electron chi connectivity index (χ2n) is 3.86. The van der Waals surface area contributed by atoms with Crippen LogP contribution in [-0.2, 0) is 0 Å². The zero-order chi connectivity index (χ0) is 9.56. The number of rotatable bonds is 6. The molecule has 0 fully saturated rings. The van der Waals surface area contributed by atoms with Crippen molar-refractivity contribution in [2.24, 2.45) is 11.8 Å². The van der Waals surface area contributed by atoms with Crippen LogP contribution in [-0.4, -0.2) is 22.9 Å². The van der Waals surface area contributed by atoms with E-state index in [2.05, 4.69) is 20.8 Å². The lowest BCUT2D eigenvalue weighted by atomic mass is 9.90. The van der Waals surface area contributed by atoms with Crippen LogP contribution in [0.1, 0.15) is 40.0 Å². The van der Waals surface area contributed by atoms with E-state index in [9.17, 15) is 5.11 Å². The minimum atomic E-state index is -0.227. The van der Waals surface area contributed by atoms with E-state index in [4.69, 9.17) is 5.11 Å². The molecule has 2 nitrogen and oxygen atoms in total. The molecule has 0 amide bonds. The molecule has 0 rings (SSSR count). The highest BCUT2D eigenvalue weighted by Crippen LogP contribution is 2.18. The standard InChI is InChI=1S/C10H22O2/c1-4-5-10(12)6-9(7-11)8(2)3/h8-12H,4-7H2,1-3H3. The van der Waals surface area contributed by atoms with Gasteiger partial charge in [-0.05, 0) is 24.7 Å². The van der Waals surface area contributed by atoms with Gasteiger partial charge in [-0.1, -0.05) is 27.2 Å². The van der Waals surface area contributed by atoms with Crippen LogP contribution in [0, 0.1) is 11.8 Å². The molecule has 0 saturated carbocycles. The van der Waals surface area contributed by atoms with Crippen LogP contribution in [0.2, 0.25) is 0 Å². The third-order valence-electron chi connectivity index (χ3n) is 2.37. The van der Waals surface area contributed by atoms with Crippen LogP contribution in [0.25, 0.3) is 0 Å². The Balaban J connectivity index is 3.69. The lowest BCUT2D eigenvalue weighted by Gasteiger charge is -2.21. The lowest BCUT2D eigenvalue weighted by Crippen LogP contribution is -2.20. The summed E-state index contributed by atoms with van der Waals surface area (Å²) in [6.07, 6.45) is 2.37. The SMILES string of the molecule is CCCC(O)CC(CO)C(C)C. The minimum absolute atomic E-state index is 0.193. The summed E-state index contributed by atoms with van der Waals surface area (Å²) in [7, 11) is 0. The highest BCUT2D eigenvalue weighted by atomic mass is 16.3. The number of hydrogen-bond donors (Lipinski definition) is 2. The van der Waals surface area contributed by atoms with E-state index in [-0.39, 0.29) is 18.6 Å². The van der Waals surface area contributed by atoms with Gasteiger partial charge in [0.25, 0.3) is 0 Å². The maximum Gasteiger partial charge on any atom is 0.0543 e. The fourth-order valence-corrected chi connectivity index (χ4v) is 1.36. The van der Waals surface area contributed by atoms with Gasteiger partial charge >= 0.3 is 0 Å². The molecule has 2 atom stereocenters. The topological polar surface area (TPSA) is 40.5 Å². The lowest BCUT2D eigenvalue weighted by molar-refractivity contribution is 0.0902. The minimum Gasteiger partial charge on any atom is -0.396 e. The molecule has 0 spiro atoms. The first kappa shape index (κ1) is 11.9. The van der Waals surface area contributed by atoms with Gasteiger partial charge in [0.1, 0.15) is 0 Å². The van der Waals surface area contributed by atoms with Crippen molar-refractivity contribution >= 4 is 0 Å². The summed E-state index contributed by atoms with van der Waals surface area (Å²) in [6.45, 7) is 6.42. The van der Waals surface area contributed by atoms with Gasteiger partial charge in [0.05, 0.1) is 6.10 Å². The van der Waals surface area contributed by atoms with Crippen molar-refractivity contribution in [3.05, 3.63) is 0 Å². The first-order chi connectivity index (χ1) is 5.61. The Kier molecular flexibility index (Phi) is 6.39. The maximum absolute atomic E-state index is 9.49. The Labute approximate surface area is 75.6 Å². The summed E-state index contributed by atoms with van der Waals surface area (Å²) < 4.78 is 0. The van der Waals surface area contributed by atoms with Gasteiger partial charge in [-0.25, -0.2) is 0 Å². The summed E-state index contributed by atoms with van der Waals surface area (Å²) >= 11 is 0. The van der Waals surface area contributed by atoms with Gasteiger partial charge < -0.3 is 10.2 Å². The molecule has 0 bridgehead atoms. The molecule has 0 aromatic rings.